The molecule has 2 heterocycles. The predicted molar refractivity (Wildman–Crippen MR) is 116 cm³/mol. The van der Waals surface area contributed by atoms with Gasteiger partial charge in [0.05, 0.1) is 4.90 Å². The standard InChI is InChI=1S/C22H29N3O5S/c1-3-8-20-23-22(30-24-20)17(2)29-21(26)14-11-18-9-12-19(13-10-18)31(27,28)25-15-6-4-5-7-16-25/h9-14,17H,3-8,15-16H2,1-2H3/b14-11+. The molecule has 0 spiro atoms. The highest BCUT2D eigenvalue weighted by Gasteiger charge is 2.24. The molecule has 1 aliphatic rings. The Labute approximate surface area is 183 Å². The average molecular weight is 448 g/mol. The molecule has 0 amide bonds. The highest BCUT2D eigenvalue weighted by molar-refractivity contribution is 7.89. The van der Waals surface area contributed by atoms with E-state index in [-0.39, 0.29) is 10.8 Å². The summed E-state index contributed by atoms with van der Waals surface area (Å²) in [6.45, 7) is 4.81. The van der Waals surface area contributed by atoms with Gasteiger partial charge < -0.3 is 9.26 Å². The number of esters is 1. The molecular formula is C22H29N3O5S. The number of carbonyl (C=O) groups excluding carboxylic acids is 1. The van der Waals surface area contributed by atoms with Crippen LogP contribution in [0.1, 0.15) is 69.3 Å². The first kappa shape index (κ1) is 23.1. The van der Waals surface area contributed by atoms with E-state index in [1.807, 2.05) is 6.92 Å². The molecule has 1 atom stereocenters. The number of hydrogen-bond acceptors (Lipinski definition) is 7. The summed E-state index contributed by atoms with van der Waals surface area (Å²) >= 11 is 0. The van der Waals surface area contributed by atoms with Gasteiger partial charge in [-0.05, 0) is 50.0 Å². The fraction of sp³-hybridized carbons (Fsp3) is 0.500. The minimum absolute atomic E-state index is 0.258. The van der Waals surface area contributed by atoms with E-state index < -0.39 is 22.1 Å². The first-order valence-corrected chi connectivity index (χ1v) is 12.2. The van der Waals surface area contributed by atoms with Gasteiger partial charge in [-0.15, -0.1) is 0 Å². The summed E-state index contributed by atoms with van der Waals surface area (Å²) in [5.41, 5.74) is 0.697. The Bertz CT molecular complexity index is 990. The fourth-order valence-electron chi connectivity index (χ4n) is 3.37. The smallest absolute Gasteiger partial charge is 0.331 e. The summed E-state index contributed by atoms with van der Waals surface area (Å²) in [7, 11) is -3.49. The van der Waals surface area contributed by atoms with Crippen LogP contribution in [-0.2, 0) is 26.0 Å². The molecule has 3 rings (SSSR count). The van der Waals surface area contributed by atoms with Gasteiger partial charge in [-0.2, -0.15) is 9.29 Å². The number of sulfonamides is 1. The lowest BCUT2D eigenvalue weighted by Crippen LogP contribution is -2.31. The van der Waals surface area contributed by atoms with E-state index in [9.17, 15) is 13.2 Å². The van der Waals surface area contributed by atoms with E-state index in [1.54, 1.807) is 41.6 Å². The van der Waals surface area contributed by atoms with Gasteiger partial charge in [0.25, 0.3) is 5.89 Å². The summed E-state index contributed by atoms with van der Waals surface area (Å²) < 4.78 is 37.6. The van der Waals surface area contributed by atoms with Gasteiger partial charge in [-0.1, -0.05) is 37.1 Å². The number of ether oxygens (including phenoxy) is 1. The van der Waals surface area contributed by atoms with Crippen molar-refractivity contribution in [1.29, 1.82) is 0 Å². The zero-order valence-electron chi connectivity index (χ0n) is 18.0. The topological polar surface area (TPSA) is 103 Å². The molecule has 1 unspecified atom stereocenters. The lowest BCUT2D eigenvalue weighted by atomic mass is 10.2. The maximum absolute atomic E-state index is 12.8. The minimum atomic E-state index is -3.49. The van der Waals surface area contributed by atoms with Crippen molar-refractivity contribution < 1.29 is 22.5 Å². The summed E-state index contributed by atoms with van der Waals surface area (Å²) in [6, 6.07) is 6.49. The number of aromatic nitrogens is 2. The SMILES string of the molecule is CCCc1noc(C(C)OC(=O)/C=C/c2ccc(S(=O)(=O)N3CCCCCC3)cc2)n1. The molecule has 0 radical (unpaired) electrons. The van der Waals surface area contributed by atoms with E-state index in [2.05, 4.69) is 10.1 Å². The van der Waals surface area contributed by atoms with Crippen LogP contribution in [0.2, 0.25) is 0 Å². The van der Waals surface area contributed by atoms with Crippen LogP contribution in [0.25, 0.3) is 6.08 Å². The molecule has 2 aromatic rings. The van der Waals surface area contributed by atoms with Gasteiger partial charge in [0.2, 0.25) is 10.0 Å². The third-order valence-electron chi connectivity index (χ3n) is 5.09. The normalized spacial score (nSPS) is 16.8. The monoisotopic (exact) mass is 447 g/mol. The molecule has 1 aliphatic heterocycles. The third-order valence-corrected chi connectivity index (χ3v) is 7.01. The van der Waals surface area contributed by atoms with Crippen molar-refractivity contribution in [2.24, 2.45) is 0 Å². The molecule has 9 heteroatoms. The Morgan fingerprint density at radius 1 is 1.19 bits per heavy atom. The molecule has 1 saturated heterocycles. The Morgan fingerprint density at radius 2 is 1.87 bits per heavy atom. The number of hydrogen-bond donors (Lipinski definition) is 0. The van der Waals surface area contributed by atoms with Crippen molar-refractivity contribution in [2.45, 2.75) is 63.4 Å². The second kappa shape index (κ2) is 10.7. The minimum Gasteiger partial charge on any atom is -0.449 e. The highest BCUT2D eigenvalue weighted by Crippen LogP contribution is 2.21. The maximum Gasteiger partial charge on any atom is 0.331 e. The third kappa shape index (κ3) is 6.24. The zero-order valence-corrected chi connectivity index (χ0v) is 18.8. The van der Waals surface area contributed by atoms with E-state index in [1.165, 1.54) is 6.08 Å². The average Bonchev–Trinajstić information content (AvgIpc) is 3.05. The van der Waals surface area contributed by atoms with Crippen molar-refractivity contribution in [3.63, 3.8) is 0 Å². The van der Waals surface area contributed by atoms with Crippen molar-refractivity contribution >= 4 is 22.1 Å². The van der Waals surface area contributed by atoms with Crippen LogP contribution in [0.15, 0.2) is 39.8 Å². The highest BCUT2D eigenvalue weighted by atomic mass is 32.2. The molecule has 1 aromatic heterocycles. The quantitative estimate of drug-likeness (QED) is 0.446. The number of aryl methyl sites for hydroxylation is 1. The summed E-state index contributed by atoms with van der Waals surface area (Å²) in [6.07, 6.45) is 7.73. The van der Waals surface area contributed by atoms with Crippen LogP contribution in [0.5, 0.6) is 0 Å². The number of rotatable bonds is 8. The second-order valence-corrected chi connectivity index (χ2v) is 9.54. The van der Waals surface area contributed by atoms with Crippen LogP contribution in [-0.4, -0.2) is 41.9 Å². The molecule has 0 N–H and O–H groups in total. The Balaban J connectivity index is 1.58. The van der Waals surface area contributed by atoms with Gasteiger partial charge in [-0.3, -0.25) is 0 Å². The van der Waals surface area contributed by atoms with Crippen LogP contribution >= 0.6 is 0 Å². The summed E-state index contributed by atoms with van der Waals surface area (Å²) in [5.74, 6) is 0.295. The fourth-order valence-corrected chi connectivity index (χ4v) is 4.89. The largest absolute Gasteiger partial charge is 0.449 e. The molecule has 0 aliphatic carbocycles. The Morgan fingerprint density at radius 3 is 2.52 bits per heavy atom. The van der Waals surface area contributed by atoms with Crippen LogP contribution < -0.4 is 0 Å². The first-order chi connectivity index (χ1) is 14.9. The van der Waals surface area contributed by atoms with Gasteiger partial charge in [0.15, 0.2) is 11.9 Å². The Hall–Kier alpha value is -2.52. The van der Waals surface area contributed by atoms with Crippen LogP contribution in [0, 0.1) is 0 Å². The van der Waals surface area contributed by atoms with Crippen LogP contribution in [0.4, 0.5) is 0 Å². The van der Waals surface area contributed by atoms with E-state index >= 15 is 0 Å². The second-order valence-electron chi connectivity index (χ2n) is 7.60. The number of carbonyl (C=O) groups is 1. The molecule has 31 heavy (non-hydrogen) atoms. The van der Waals surface area contributed by atoms with Crippen molar-refractivity contribution in [2.75, 3.05) is 13.1 Å². The lowest BCUT2D eigenvalue weighted by Gasteiger charge is -2.19. The van der Waals surface area contributed by atoms with Crippen molar-refractivity contribution in [3.05, 3.63) is 47.6 Å². The summed E-state index contributed by atoms with van der Waals surface area (Å²) in [5, 5.41) is 3.85. The molecule has 168 valence electrons. The molecule has 1 fully saturated rings. The van der Waals surface area contributed by atoms with Crippen molar-refractivity contribution in [1.82, 2.24) is 14.4 Å². The predicted octanol–water partition coefficient (Wildman–Crippen LogP) is 3.90. The van der Waals surface area contributed by atoms with Crippen molar-refractivity contribution in [3.8, 4) is 0 Å². The molecule has 8 nitrogen and oxygen atoms in total. The first-order valence-electron chi connectivity index (χ1n) is 10.7. The molecule has 0 saturated carbocycles. The van der Waals surface area contributed by atoms with E-state index in [4.69, 9.17) is 9.26 Å². The molecule has 0 bridgehead atoms. The van der Waals surface area contributed by atoms with Gasteiger partial charge in [-0.25, -0.2) is 13.2 Å². The van der Waals surface area contributed by atoms with Gasteiger partial charge in [0, 0.05) is 25.6 Å². The Kier molecular flexibility index (Phi) is 7.97. The summed E-state index contributed by atoms with van der Waals surface area (Å²) in [4.78, 5) is 16.6. The molecular weight excluding hydrogens is 418 g/mol. The zero-order chi connectivity index (χ0) is 22.3. The lowest BCUT2D eigenvalue weighted by molar-refractivity contribution is -0.143. The number of nitrogens with zero attached hydrogens (tertiary/aromatic N) is 3. The molecule has 1 aromatic carbocycles. The van der Waals surface area contributed by atoms with E-state index in [0.29, 0.717) is 30.9 Å². The van der Waals surface area contributed by atoms with Gasteiger partial charge in [0.1, 0.15) is 0 Å². The van der Waals surface area contributed by atoms with Gasteiger partial charge >= 0.3 is 5.97 Å². The number of benzene rings is 1. The van der Waals surface area contributed by atoms with Crippen LogP contribution in [0.3, 0.4) is 0 Å². The maximum atomic E-state index is 12.8. The van der Waals surface area contributed by atoms with E-state index in [0.717, 1.165) is 32.1 Å².